The van der Waals surface area contributed by atoms with Crippen LogP contribution < -0.4 is 0 Å². The number of furan rings is 1. The zero-order valence-electron chi connectivity index (χ0n) is 19.2. The van der Waals surface area contributed by atoms with Crippen LogP contribution in [0.4, 0.5) is 0 Å². The smallest absolute Gasteiger partial charge is 0.254 e. The molecule has 0 aliphatic carbocycles. The van der Waals surface area contributed by atoms with Crippen molar-refractivity contribution >= 4 is 23.6 Å². The standard InChI is InChI=1S/C29H26N2O3S/c32-27-21-35-29(31(27)20-26-12-7-17-34-26)25-15-13-24(14-16-25)28(33)30(18-22-8-3-1-4-9-22)19-23-10-5-2-6-11-23/h1-17,29H,18-21H2/t29-/m0/s1. The highest BCUT2D eigenvalue weighted by Gasteiger charge is 2.33. The average molecular weight is 483 g/mol. The van der Waals surface area contributed by atoms with E-state index < -0.39 is 0 Å². The third-order valence-corrected chi connectivity index (χ3v) is 7.29. The van der Waals surface area contributed by atoms with Gasteiger partial charge in [0, 0.05) is 18.7 Å². The molecule has 1 aliphatic rings. The third-order valence-electron chi connectivity index (χ3n) is 6.04. The zero-order chi connectivity index (χ0) is 24.0. The first-order valence-electron chi connectivity index (χ1n) is 11.6. The summed E-state index contributed by atoms with van der Waals surface area (Å²) in [6, 6.07) is 31.4. The van der Waals surface area contributed by atoms with Crippen LogP contribution in [0.3, 0.4) is 0 Å². The number of amides is 2. The van der Waals surface area contributed by atoms with Gasteiger partial charge >= 0.3 is 0 Å². The molecule has 0 N–H and O–H groups in total. The van der Waals surface area contributed by atoms with Crippen LogP contribution in [0.5, 0.6) is 0 Å². The van der Waals surface area contributed by atoms with E-state index in [9.17, 15) is 9.59 Å². The van der Waals surface area contributed by atoms with Gasteiger partial charge in [-0.05, 0) is 41.0 Å². The SMILES string of the molecule is O=C(c1ccc([C@@H]2SCC(=O)N2Cc2ccco2)cc1)N(Cc1ccccc1)Cc1ccccc1. The Bertz CT molecular complexity index is 1220. The molecule has 0 unspecified atom stereocenters. The summed E-state index contributed by atoms with van der Waals surface area (Å²) in [6.45, 7) is 1.49. The molecule has 176 valence electrons. The van der Waals surface area contributed by atoms with E-state index in [4.69, 9.17) is 4.42 Å². The maximum absolute atomic E-state index is 13.6. The fourth-order valence-electron chi connectivity index (χ4n) is 4.25. The van der Waals surface area contributed by atoms with Crippen LogP contribution in [0.15, 0.2) is 108 Å². The molecule has 0 saturated carbocycles. The quantitative estimate of drug-likeness (QED) is 0.314. The molecule has 5 nitrogen and oxygen atoms in total. The second kappa shape index (κ2) is 10.7. The van der Waals surface area contributed by atoms with E-state index in [0.717, 1.165) is 22.5 Å². The van der Waals surface area contributed by atoms with Crippen LogP contribution in [-0.4, -0.2) is 27.4 Å². The zero-order valence-corrected chi connectivity index (χ0v) is 20.1. The molecule has 35 heavy (non-hydrogen) atoms. The van der Waals surface area contributed by atoms with E-state index in [1.807, 2.05) is 107 Å². The van der Waals surface area contributed by atoms with Crippen LogP contribution in [0.25, 0.3) is 0 Å². The average Bonchev–Trinajstić information content (AvgIpc) is 3.55. The first-order valence-corrected chi connectivity index (χ1v) is 12.6. The van der Waals surface area contributed by atoms with Gasteiger partial charge in [0.2, 0.25) is 5.91 Å². The summed E-state index contributed by atoms with van der Waals surface area (Å²) in [5.41, 5.74) is 3.81. The Morgan fingerprint density at radius 1 is 0.857 bits per heavy atom. The van der Waals surface area contributed by atoms with E-state index in [2.05, 4.69) is 0 Å². The molecule has 1 aromatic heterocycles. The lowest BCUT2D eigenvalue weighted by Gasteiger charge is -2.25. The fraction of sp³-hybridized carbons (Fsp3) is 0.172. The summed E-state index contributed by atoms with van der Waals surface area (Å²) in [6.07, 6.45) is 1.62. The van der Waals surface area contributed by atoms with Crippen molar-refractivity contribution in [2.45, 2.75) is 25.0 Å². The summed E-state index contributed by atoms with van der Waals surface area (Å²) in [4.78, 5) is 29.8. The van der Waals surface area contributed by atoms with Crippen molar-refractivity contribution in [3.8, 4) is 0 Å². The topological polar surface area (TPSA) is 53.8 Å². The molecule has 1 atom stereocenters. The van der Waals surface area contributed by atoms with E-state index in [-0.39, 0.29) is 17.2 Å². The molecule has 6 heteroatoms. The van der Waals surface area contributed by atoms with Crippen molar-refractivity contribution in [2.75, 3.05) is 5.75 Å². The first-order chi connectivity index (χ1) is 17.2. The van der Waals surface area contributed by atoms with Gasteiger partial charge in [-0.2, -0.15) is 0 Å². The highest BCUT2D eigenvalue weighted by molar-refractivity contribution is 8.00. The Kier molecular flexibility index (Phi) is 7.00. The van der Waals surface area contributed by atoms with Crippen molar-refractivity contribution in [3.05, 3.63) is 131 Å². The third kappa shape index (κ3) is 5.49. The maximum Gasteiger partial charge on any atom is 0.254 e. The predicted molar refractivity (Wildman–Crippen MR) is 137 cm³/mol. The molecule has 1 saturated heterocycles. The van der Waals surface area contributed by atoms with Crippen LogP contribution in [-0.2, 0) is 24.4 Å². The monoisotopic (exact) mass is 482 g/mol. The van der Waals surface area contributed by atoms with Crippen molar-refractivity contribution in [1.29, 1.82) is 0 Å². The Balaban J connectivity index is 1.35. The van der Waals surface area contributed by atoms with E-state index >= 15 is 0 Å². The molecule has 4 aromatic rings. The molecule has 1 fully saturated rings. The maximum atomic E-state index is 13.6. The van der Waals surface area contributed by atoms with E-state index in [1.165, 1.54) is 0 Å². The number of nitrogens with zero attached hydrogens (tertiary/aromatic N) is 2. The van der Waals surface area contributed by atoms with E-state index in [1.54, 1.807) is 18.0 Å². The van der Waals surface area contributed by atoms with Crippen molar-refractivity contribution in [2.24, 2.45) is 0 Å². The molecule has 1 aliphatic heterocycles. The Hall–Kier alpha value is -3.77. The fourth-order valence-corrected chi connectivity index (χ4v) is 5.44. The minimum absolute atomic E-state index is 0.0214. The van der Waals surface area contributed by atoms with Gasteiger partial charge in [0.25, 0.3) is 5.91 Å². The highest BCUT2D eigenvalue weighted by Crippen LogP contribution is 2.39. The number of thioether (sulfide) groups is 1. The number of rotatable bonds is 8. The lowest BCUT2D eigenvalue weighted by Crippen LogP contribution is -2.30. The minimum Gasteiger partial charge on any atom is -0.467 e. The number of hydrogen-bond donors (Lipinski definition) is 0. The number of carbonyl (C=O) groups excluding carboxylic acids is 2. The molecular formula is C29H26N2O3S. The molecule has 0 bridgehead atoms. The van der Waals surface area contributed by atoms with Crippen molar-refractivity contribution in [3.63, 3.8) is 0 Å². The van der Waals surface area contributed by atoms with Gasteiger partial charge in [0.05, 0.1) is 18.6 Å². The van der Waals surface area contributed by atoms with Gasteiger partial charge in [0.15, 0.2) is 0 Å². The predicted octanol–water partition coefficient (Wildman–Crippen LogP) is 5.90. The van der Waals surface area contributed by atoms with Crippen LogP contribution in [0, 0.1) is 0 Å². The summed E-state index contributed by atoms with van der Waals surface area (Å²) in [7, 11) is 0. The van der Waals surface area contributed by atoms with E-state index in [0.29, 0.717) is 31.0 Å². The Labute approximate surface area is 209 Å². The Morgan fingerprint density at radius 2 is 1.49 bits per heavy atom. The molecule has 2 amide bonds. The molecule has 0 spiro atoms. The molecule has 0 radical (unpaired) electrons. The minimum atomic E-state index is -0.0958. The number of hydrogen-bond acceptors (Lipinski definition) is 4. The Morgan fingerprint density at radius 3 is 2.06 bits per heavy atom. The number of benzene rings is 3. The van der Waals surface area contributed by atoms with Crippen molar-refractivity contribution < 1.29 is 14.0 Å². The molecule has 2 heterocycles. The highest BCUT2D eigenvalue weighted by atomic mass is 32.2. The van der Waals surface area contributed by atoms with Crippen molar-refractivity contribution in [1.82, 2.24) is 9.80 Å². The summed E-state index contributed by atoms with van der Waals surface area (Å²) in [5, 5.41) is -0.0958. The normalized spacial score (nSPS) is 15.4. The van der Waals surface area contributed by atoms with Crippen LogP contribution in [0.2, 0.25) is 0 Å². The van der Waals surface area contributed by atoms with Gasteiger partial charge in [0.1, 0.15) is 11.1 Å². The molecular weight excluding hydrogens is 456 g/mol. The van der Waals surface area contributed by atoms with Crippen LogP contribution >= 0.6 is 11.8 Å². The van der Waals surface area contributed by atoms with Gasteiger partial charge in [-0.15, -0.1) is 11.8 Å². The second-order valence-electron chi connectivity index (χ2n) is 8.52. The lowest BCUT2D eigenvalue weighted by atomic mass is 10.1. The largest absolute Gasteiger partial charge is 0.467 e. The number of carbonyl (C=O) groups is 2. The van der Waals surface area contributed by atoms with Gasteiger partial charge < -0.3 is 14.2 Å². The lowest BCUT2D eigenvalue weighted by molar-refractivity contribution is -0.128. The first kappa shape index (κ1) is 23.0. The van der Waals surface area contributed by atoms with Gasteiger partial charge in [-0.3, -0.25) is 9.59 Å². The molecule has 5 rings (SSSR count). The van der Waals surface area contributed by atoms with Gasteiger partial charge in [-0.25, -0.2) is 0 Å². The molecule has 3 aromatic carbocycles. The summed E-state index contributed by atoms with van der Waals surface area (Å²) < 4.78 is 5.45. The van der Waals surface area contributed by atoms with Crippen LogP contribution in [0.1, 0.15) is 38.2 Å². The second-order valence-corrected chi connectivity index (χ2v) is 9.59. The van der Waals surface area contributed by atoms with Gasteiger partial charge in [-0.1, -0.05) is 72.8 Å². The summed E-state index contributed by atoms with van der Waals surface area (Å²) in [5.74, 6) is 1.27. The summed E-state index contributed by atoms with van der Waals surface area (Å²) >= 11 is 1.60.